The number of allylic oxidation sites excluding steroid dienone is 1. The van der Waals surface area contributed by atoms with Crippen molar-refractivity contribution >= 4 is 0 Å². The van der Waals surface area contributed by atoms with Crippen molar-refractivity contribution in [2.75, 3.05) is 13.1 Å². The molecule has 1 rings (SSSR count). The van der Waals surface area contributed by atoms with Crippen molar-refractivity contribution in [2.24, 2.45) is 0 Å². The van der Waals surface area contributed by atoms with Gasteiger partial charge in [0.15, 0.2) is 0 Å². The third-order valence-electron chi connectivity index (χ3n) is 2.01. The number of nitrogens with one attached hydrogen (secondary N) is 1. The fraction of sp³-hybridized carbons (Fsp3) is 0.417. The van der Waals surface area contributed by atoms with Gasteiger partial charge in [-0.05, 0) is 32.0 Å². The Morgan fingerprint density at radius 1 is 1.36 bits per heavy atom. The second-order valence-electron chi connectivity index (χ2n) is 3.18. The van der Waals surface area contributed by atoms with E-state index >= 15 is 0 Å². The molecule has 2 nitrogen and oxygen atoms in total. The van der Waals surface area contributed by atoms with E-state index in [-0.39, 0.29) is 0 Å². The molecule has 0 amide bonds. The number of rotatable bonds is 6. The van der Waals surface area contributed by atoms with Crippen molar-refractivity contribution in [3.63, 3.8) is 0 Å². The Morgan fingerprint density at radius 2 is 2.29 bits per heavy atom. The second-order valence-corrected chi connectivity index (χ2v) is 3.18. The van der Waals surface area contributed by atoms with Gasteiger partial charge in [0.25, 0.3) is 0 Å². The van der Waals surface area contributed by atoms with Gasteiger partial charge in [-0.15, -0.1) is 0 Å². The molecule has 0 aromatic carbocycles. The maximum absolute atomic E-state index is 4.26. The predicted octanol–water partition coefficient (Wildman–Crippen LogP) is 2.18. The van der Waals surface area contributed by atoms with E-state index in [1.54, 1.807) is 0 Å². The van der Waals surface area contributed by atoms with Crippen LogP contribution in [0.5, 0.6) is 0 Å². The summed E-state index contributed by atoms with van der Waals surface area (Å²) in [6, 6.07) is 6.04. The van der Waals surface area contributed by atoms with Gasteiger partial charge in [0.05, 0.1) is 0 Å². The van der Waals surface area contributed by atoms with E-state index < -0.39 is 0 Å². The van der Waals surface area contributed by atoms with Crippen LogP contribution in [0.15, 0.2) is 36.5 Å². The monoisotopic (exact) mass is 190 g/mol. The molecule has 0 atom stereocenters. The third-order valence-corrected chi connectivity index (χ3v) is 2.01. The summed E-state index contributed by atoms with van der Waals surface area (Å²) in [6.07, 6.45) is 8.22. The van der Waals surface area contributed by atoms with Gasteiger partial charge >= 0.3 is 0 Å². The standard InChI is InChI=1S/C12H18N2/c1-2-3-5-9-13-11-8-12-7-4-6-10-14-12/h2-4,6-7,10,13H,5,8-9,11H2,1H3/b3-2+. The molecule has 0 unspecified atom stereocenters. The number of aromatic nitrogens is 1. The smallest absolute Gasteiger partial charge is 0.0416 e. The minimum atomic E-state index is 1.01. The van der Waals surface area contributed by atoms with Gasteiger partial charge in [-0.1, -0.05) is 18.2 Å². The van der Waals surface area contributed by atoms with Crippen molar-refractivity contribution < 1.29 is 0 Å². The first-order valence-corrected chi connectivity index (χ1v) is 5.15. The van der Waals surface area contributed by atoms with Crippen molar-refractivity contribution in [3.8, 4) is 0 Å². The van der Waals surface area contributed by atoms with Crippen LogP contribution in [0, 0.1) is 0 Å². The molecule has 76 valence electrons. The minimum Gasteiger partial charge on any atom is -0.316 e. The highest BCUT2D eigenvalue weighted by atomic mass is 14.8. The Bertz CT molecular complexity index is 254. The van der Waals surface area contributed by atoms with E-state index in [1.165, 1.54) is 0 Å². The minimum absolute atomic E-state index is 1.01. The lowest BCUT2D eigenvalue weighted by molar-refractivity contribution is 0.682. The van der Waals surface area contributed by atoms with Crippen LogP contribution in [0.4, 0.5) is 0 Å². The first-order valence-electron chi connectivity index (χ1n) is 5.15. The van der Waals surface area contributed by atoms with E-state index in [4.69, 9.17) is 0 Å². The highest BCUT2D eigenvalue weighted by Crippen LogP contribution is 1.92. The molecule has 0 spiro atoms. The molecule has 1 aromatic heterocycles. The molecule has 0 aliphatic rings. The van der Waals surface area contributed by atoms with E-state index in [2.05, 4.69) is 28.5 Å². The average molecular weight is 190 g/mol. The largest absolute Gasteiger partial charge is 0.316 e. The lowest BCUT2D eigenvalue weighted by Crippen LogP contribution is -2.18. The summed E-state index contributed by atoms with van der Waals surface area (Å²) in [4.78, 5) is 4.26. The van der Waals surface area contributed by atoms with E-state index in [9.17, 15) is 0 Å². The van der Waals surface area contributed by atoms with Crippen LogP contribution >= 0.6 is 0 Å². The lowest BCUT2D eigenvalue weighted by atomic mass is 10.2. The van der Waals surface area contributed by atoms with Crippen LogP contribution < -0.4 is 5.32 Å². The van der Waals surface area contributed by atoms with Gasteiger partial charge in [0, 0.05) is 24.9 Å². The molecule has 1 aromatic rings. The fourth-order valence-corrected chi connectivity index (χ4v) is 1.24. The van der Waals surface area contributed by atoms with Crippen LogP contribution in [0.3, 0.4) is 0 Å². The summed E-state index contributed by atoms with van der Waals surface area (Å²) in [5.74, 6) is 0. The molecule has 0 fully saturated rings. The van der Waals surface area contributed by atoms with E-state index in [0.717, 1.165) is 31.6 Å². The van der Waals surface area contributed by atoms with Crippen LogP contribution in [0.25, 0.3) is 0 Å². The molecule has 14 heavy (non-hydrogen) atoms. The normalized spacial score (nSPS) is 10.9. The topological polar surface area (TPSA) is 24.9 Å². The highest BCUT2D eigenvalue weighted by molar-refractivity contribution is 5.03. The quantitative estimate of drug-likeness (QED) is 0.549. The van der Waals surface area contributed by atoms with Gasteiger partial charge in [-0.3, -0.25) is 4.98 Å². The summed E-state index contributed by atoms with van der Waals surface area (Å²) >= 11 is 0. The Kier molecular flexibility index (Phi) is 5.68. The molecule has 0 aliphatic carbocycles. The molecule has 1 N–H and O–H groups in total. The Balaban J connectivity index is 2.05. The zero-order valence-electron chi connectivity index (χ0n) is 8.74. The number of hydrogen-bond donors (Lipinski definition) is 1. The van der Waals surface area contributed by atoms with Crippen LogP contribution in [-0.4, -0.2) is 18.1 Å². The van der Waals surface area contributed by atoms with Crippen LogP contribution in [-0.2, 0) is 6.42 Å². The Hall–Kier alpha value is -1.15. The molecule has 0 saturated heterocycles. The van der Waals surface area contributed by atoms with Gasteiger partial charge in [0.1, 0.15) is 0 Å². The molecule has 0 radical (unpaired) electrons. The summed E-state index contributed by atoms with van der Waals surface area (Å²) in [5, 5.41) is 3.38. The molecule has 2 heteroatoms. The summed E-state index contributed by atoms with van der Waals surface area (Å²) in [7, 11) is 0. The van der Waals surface area contributed by atoms with Crippen LogP contribution in [0.2, 0.25) is 0 Å². The molecule has 0 saturated carbocycles. The third kappa shape index (κ3) is 4.77. The van der Waals surface area contributed by atoms with Gasteiger partial charge in [0.2, 0.25) is 0 Å². The summed E-state index contributed by atoms with van der Waals surface area (Å²) in [6.45, 7) is 4.11. The van der Waals surface area contributed by atoms with Crippen molar-refractivity contribution in [3.05, 3.63) is 42.2 Å². The van der Waals surface area contributed by atoms with Crippen molar-refractivity contribution in [1.29, 1.82) is 0 Å². The first-order chi connectivity index (χ1) is 6.93. The van der Waals surface area contributed by atoms with E-state index in [1.807, 2.05) is 25.3 Å². The second kappa shape index (κ2) is 7.27. The molecule has 1 heterocycles. The number of pyridine rings is 1. The molecule has 0 bridgehead atoms. The zero-order chi connectivity index (χ0) is 10.1. The maximum atomic E-state index is 4.26. The van der Waals surface area contributed by atoms with E-state index in [0.29, 0.717) is 0 Å². The number of nitrogens with zero attached hydrogens (tertiary/aromatic N) is 1. The molecule has 0 aliphatic heterocycles. The van der Waals surface area contributed by atoms with Crippen molar-refractivity contribution in [1.82, 2.24) is 10.3 Å². The molecular weight excluding hydrogens is 172 g/mol. The van der Waals surface area contributed by atoms with Gasteiger partial charge in [-0.25, -0.2) is 0 Å². The van der Waals surface area contributed by atoms with Gasteiger partial charge in [-0.2, -0.15) is 0 Å². The number of hydrogen-bond acceptors (Lipinski definition) is 2. The lowest BCUT2D eigenvalue weighted by Gasteiger charge is -2.01. The summed E-state index contributed by atoms with van der Waals surface area (Å²) in [5.41, 5.74) is 1.16. The maximum Gasteiger partial charge on any atom is 0.0416 e. The SMILES string of the molecule is C/C=C/CCNCCc1ccccn1. The fourth-order valence-electron chi connectivity index (χ4n) is 1.24. The zero-order valence-corrected chi connectivity index (χ0v) is 8.74. The first kappa shape index (κ1) is 10.9. The molecular formula is C12H18N2. The Labute approximate surface area is 86.1 Å². The summed E-state index contributed by atoms with van der Waals surface area (Å²) < 4.78 is 0. The Morgan fingerprint density at radius 3 is 3.00 bits per heavy atom. The van der Waals surface area contributed by atoms with Crippen LogP contribution in [0.1, 0.15) is 19.0 Å². The average Bonchev–Trinajstić information content (AvgIpc) is 2.25. The van der Waals surface area contributed by atoms with Crippen molar-refractivity contribution in [2.45, 2.75) is 19.8 Å². The predicted molar refractivity (Wildman–Crippen MR) is 60.2 cm³/mol. The van der Waals surface area contributed by atoms with Gasteiger partial charge < -0.3 is 5.32 Å². The highest BCUT2D eigenvalue weighted by Gasteiger charge is 1.91.